The molecule has 1 unspecified atom stereocenters. The van der Waals surface area contributed by atoms with Gasteiger partial charge in [-0.15, -0.1) is 23.0 Å². The third kappa shape index (κ3) is 14.2. The maximum absolute atomic E-state index is 10.2. The van der Waals surface area contributed by atoms with E-state index in [9.17, 15) is 9.59 Å². The van der Waals surface area contributed by atoms with E-state index in [-0.39, 0.29) is 17.5 Å². The fraction of sp³-hybridized carbons (Fsp3) is 0.577. The van der Waals surface area contributed by atoms with E-state index in [1.165, 1.54) is 22.4 Å². The molecule has 2 aromatic rings. The van der Waals surface area contributed by atoms with E-state index in [0.29, 0.717) is 0 Å². The molecule has 2 atom stereocenters. The van der Waals surface area contributed by atoms with Gasteiger partial charge >= 0.3 is 0 Å². The van der Waals surface area contributed by atoms with Gasteiger partial charge in [-0.2, -0.15) is 0 Å². The molecule has 9 heteroatoms. The number of thiol groups is 1. The first-order valence-corrected chi connectivity index (χ1v) is 14.7. The number of benzene rings is 1. The van der Waals surface area contributed by atoms with Gasteiger partial charge in [-0.05, 0) is 56.9 Å². The second-order valence-corrected chi connectivity index (χ2v) is 11.7. The third-order valence-corrected chi connectivity index (χ3v) is 7.36. The fourth-order valence-electron chi connectivity index (χ4n) is 2.87. The van der Waals surface area contributed by atoms with Crippen LogP contribution in [-0.4, -0.2) is 60.9 Å². The summed E-state index contributed by atoms with van der Waals surface area (Å²) in [5.74, 6) is 1.10. The van der Waals surface area contributed by atoms with Crippen molar-refractivity contribution in [3.63, 3.8) is 0 Å². The van der Waals surface area contributed by atoms with Crippen molar-refractivity contribution in [3.05, 3.63) is 41.0 Å². The first-order valence-electron chi connectivity index (χ1n) is 11.8. The Hall–Kier alpha value is -1.23. The molecule has 0 aliphatic carbocycles. The van der Waals surface area contributed by atoms with Crippen molar-refractivity contribution in [2.24, 2.45) is 11.1 Å². The standard InChI is InChI=1S/C12H14N2S.C6H11NO.C6H13NO.C2H6S2/c1-9-12(15-8-14-9)11-5-3-10(4-6-11)7-13-2;1-7-4-2-3-6(7)5-8;1-6(2,3)5(7)4-8;1-2-4-3/h3-6,8,13H,7H2,1-2H3;5-6H,2-4H2,1H3;4-5H,7H2,1-3H3;3H,2H2,1H3/t;6-;;/m.0../s1. The first kappa shape index (κ1) is 33.8. The Morgan fingerprint density at radius 3 is 2.20 bits per heavy atom. The maximum Gasteiger partial charge on any atom is 0.137 e. The molecule has 0 amide bonds. The number of aryl methyl sites for hydroxylation is 1. The summed E-state index contributed by atoms with van der Waals surface area (Å²) in [6.45, 7) is 11.9. The Bertz CT molecular complexity index is 815. The molecule has 1 saturated heterocycles. The van der Waals surface area contributed by atoms with Crippen molar-refractivity contribution in [1.82, 2.24) is 15.2 Å². The molecule has 198 valence electrons. The number of likely N-dealkylation sites (N-methyl/N-ethyl adjacent to an activating group) is 1. The van der Waals surface area contributed by atoms with E-state index in [0.717, 1.165) is 43.5 Å². The number of aromatic nitrogens is 1. The lowest BCUT2D eigenvalue weighted by molar-refractivity contribution is -0.111. The van der Waals surface area contributed by atoms with Crippen LogP contribution in [0.1, 0.15) is 51.8 Å². The molecule has 1 aliphatic rings. The van der Waals surface area contributed by atoms with Crippen LogP contribution >= 0.6 is 33.8 Å². The van der Waals surface area contributed by atoms with Crippen LogP contribution in [0.5, 0.6) is 0 Å². The Kier molecular flexibility index (Phi) is 18.3. The lowest BCUT2D eigenvalue weighted by Gasteiger charge is -2.20. The molecular weight excluding hydrogens is 497 g/mol. The van der Waals surface area contributed by atoms with E-state index < -0.39 is 0 Å². The van der Waals surface area contributed by atoms with Crippen molar-refractivity contribution in [3.8, 4) is 10.4 Å². The quantitative estimate of drug-likeness (QED) is 0.262. The van der Waals surface area contributed by atoms with E-state index in [2.05, 4.69) is 58.1 Å². The van der Waals surface area contributed by atoms with Crippen LogP contribution in [0.3, 0.4) is 0 Å². The number of nitrogens with zero attached hydrogens (tertiary/aromatic N) is 2. The molecule has 1 aromatic carbocycles. The summed E-state index contributed by atoms with van der Waals surface area (Å²) in [5.41, 5.74) is 10.9. The van der Waals surface area contributed by atoms with Crippen molar-refractivity contribution in [2.75, 3.05) is 26.4 Å². The smallest absolute Gasteiger partial charge is 0.137 e. The summed E-state index contributed by atoms with van der Waals surface area (Å²) in [5, 5.41) is 3.14. The molecule has 1 fully saturated rings. The Morgan fingerprint density at radius 1 is 1.31 bits per heavy atom. The predicted molar refractivity (Wildman–Crippen MR) is 157 cm³/mol. The topological polar surface area (TPSA) is 88.3 Å². The summed E-state index contributed by atoms with van der Waals surface area (Å²) >= 11 is 5.53. The molecule has 0 radical (unpaired) electrons. The number of carbonyl (C=O) groups excluding carboxylic acids is 2. The highest BCUT2D eigenvalue weighted by Gasteiger charge is 2.19. The number of nitrogens with one attached hydrogen (secondary N) is 1. The molecule has 1 aromatic heterocycles. The van der Waals surface area contributed by atoms with Gasteiger partial charge in [0, 0.05) is 12.3 Å². The minimum absolute atomic E-state index is 0.0816. The highest BCUT2D eigenvalue weighted by molar-refractivity contribution is 8.68. The van der Waals surface area contributed by atoms with Crippen molar-refractivity contribution in [1.29, 1.82) is 0 Å². The van der Waals surface area contributed by atoms with Gasteiger partial charge in [-0.3, -0.25) is 4.90 Å². The molecule has 35 heavy (non-hydrogen) atoms. The van der Waals surface area contributed by atoms with Gasteiger partial charge in [0.1, 0.15) is 12.6 Å². The average molecular weight is 541 g/mol. The third-order valence-electron chi connectivity index (χ3n) is 5.35. The Balaban J connectivity index is 0.000000494. The number of hydrogen-bond acceptors (Lipinski definition) is 9. The molecule has 2 heterocycles. The minimum atomic E-state index is -0.331. The number of aldehydes is 2. The molecule has 0 bridgehead atoms. The van der Waals surface area contributed by atoms with Gasteiger partial charge < -0.3 is 20.6 Å². The second-order valence-electron chi connectivity index (χ2n) is 9.27. The normalized spacial score (nSPS) is 16.0. The zero-order valence-corrected chi connectivity index (χ0v) is 24.8. The molecule has 6 nitrogen and oxygen atoms in total. The largest absolute Gasteiger partial charge is 0.321 e. The summed E-state index contributed by atoms with van der Waals surface area (Å²) in [6, 6.07) is 8.52. The Morgan fingerprint density at radius 2 is 1.91 bits per heavy atom. The minimum Gasteiger partial charge on any atom is -0.321 e. The summed E-state index contributed by atoms with van der Waals surface area (Å²) < 4.78 is 0. The molecule has 3 N–H and O–H groups in total. The molecule has 0 saturated carbocycles. The number of hydrogen-bond donors (Lipinski definition) is 3. The molecule has 1 aliphatic heterocycles. The highest BCUT2D eigenvalue weighted by Crippen LogP contribution is 2.27. The van der Waals surface area contributed by atoms with Crippen molar-refractivity contribution in [2.45, 2.75) is 66.1 Å². The number of likely N-dealkylation sites (tertiary alicyclic amines) is 1. The number of rotatable bonds is 6. The monoisotopic (exact) mass is 540 g/mol. The van der Waals surface area contributed by atoms with E-state index in [1.807, 2.05) is 47.3 Å². The Labute approximate surface area is 225 Å². The maximum atomic E-state index is 10.2. The predicted octanol–water partition coefficient (Wildman–Crippen LogP) is 5.26. The van der Waals surface area contributed by atoms with Crippen LogP contribution in [0.25, 0.3) is 10.4 Å². The number of nitrogens with two attached hydrogens (primary N) is 1. The zero-order chi connectivity index (χ0) is 26.9. The van der Waals surface area contributed by atoms with Crippen LogP contribution in [0.2, 0.25) is 0 Å². The summed E-state index contributed by atoms with van der Waals surface area (Å²) in [7, 11) is 5.50. The van der Waals surface area contributed by atoms with Gasteiger partial charge in [-0.25, -0.2) is 4.98 Å². The SMILES string of the molecule is CC(C)(C)C(N)C=O.CCSS.CN1CCC[C@H]1C=O.CNCc1ccc(-c2scnc2C)cc1. The van der Waals surface area contributed by atoms with Gasteiger partial charge in [0.25, 0.3) is 0 Å². The van der Waals surface area contributed by atoms with Gasteiger partial charge in [0.05, 0.1) is 28.2 Å². The van der Waals surface area contributed by atoms with Crippen LogP contribution in [0.4, 0.5) is 0 Å². The number of thiazole rings is 1. The highest BCUT2D eigenvalue weighted by atomic mass is 33.1. The first-order chi connectivity index (χ1) is 16.5. The second kappa shape index (κ2) is 19.0. The van der Waals surface area contributed by atoms with E-state index >= 15 is 0 Å². The van der Waals surface area contributed by atoms with Crippen LogP contribution < -0.4 is 11.1 Å². The lowest BCUT2D eigenvalue weighted by Crippen LogP contribution is -2.36. The summed E-state index contributed by atoms with van der Waals surface area (Å²) in [6.07, 6.45) is 4.05. The lowest BCUT2D eigenvalue weighted by atomic mass is 9.89. The molecule has 0 spiro atoms. The zero-order valence-electron chi connectivity index (χ0n) is 22.3. The molecular formula is C26H44N4O2S3. The van der Waals surface area contributed by atoms with Gasteiger partial charge in [0.15, 0.2) is 0 Å². The number of carbonyl (C=O) groups is 2. The van der Waals surface area contributed by atoms with Crippen molar-refractivity contribution < 1.29 is 9.59 Å². The van der Waals surface area contributed by atoms with Gasteiger partial charge in [0.2, 0.25) is 0 Å². The fourth-order valence-corrected chi connectivity index (χ4v) is 3.68. The summed E-state index contributed by atoms with van der Waals surface area (Å²) in [4.78, 5) is 27.8. The van der Waals surface area contributed by atoms with Crippen LogP contribution in [0.15, 0.2) is 29.8 Å². The average Bonchev–Trinajstić information content (AvgIpc) is 3.47. The molecule has 3 rings (SSSR count). The van der Waals surface area contributed by atoms with Gasteiger partial charge in [-0.1, -0.05) is 62.8 Å². The van der Waals surface area contributed by atoms with Crippen LogP contribution in [0, 0.1) is 12.3 Å². The van der Waals surface area contributed by atoms with Crippen LogP contribution in [-0.2, 0) is 16.1 Å². The van der Waals surface area contributed by atoms with Crippen molar-refractivity contribution >= 4 is 46.4 Å². The van der Waals surface area contributed by atoms with E-state index in [4.69, 9.17) is 5.73 Å². The van der Waals surface area contributed by atoms with E-state index in [1.54, 1.807) is 22.1 Å².